The van der Waals surface area contributed by atoms with E-state index in [1.165, 1.54) is 7.11 Å². The molecule has 0 heterocycles. The van der Waals surface area contributed by atoms with Gasteiger partial charge in [-0.3, -0.25) is 9.59 Å². The molecule has 0 aromatic heterocycles. The molecule has 0 aliphatic rings. The van der Waals surface area contributed by atoms with E-state index in [9.17, 15) is 9.59 Å². The Labute approximate surface area is 107 Å². The Bertz CT molecular complexity index is 401. The number of carbonyl (C=O) groups is 2. The average Bonchev–Trinajstić information content (AvgIpc) is 2.37. The molecule has 5 heteroatoms. The molecule has 98 valence electrons. The summed E-state index contributed by atoms with van der Waals surface area (Å²) in [5.41, 5.74) is 1.78. The van der Waals surface area contributed by atoms with Crippen LogP contribution in [0.3, 0.4) is 0 Å². The van der Waals surface area contributed by atoms with Gasteiger partial charge in [0, 0.05) is 12.1 Å². The molecule has 0 fully saturated rings. The molecule has 1 amide bonds. The van der Waals surface area contributed by atoms with E-state index in [2.05, 4.69) is 15.4 Å². The third-order valence-corrected chi connectivity index (χ3v) is 2.42. The summed E-state index contributed by atoms with van der Waals surface area (Å²) in [4.78, 5) is 22.3. The second-order valence-corrected chi connectivity index (χ2v) is 3.85. The molecule has 2 N–H and O–H groups in total. The van der Waals surface area contributed by atoms with Crippen molar-refractivity contribution in [3.63, 3.8) is 0 Å². The highest BCUT2D eigenvalue weighted by Crippen LogP contribution is 2.11. The summed E-state index contributed by atoms with van der Waals surface area (Å²) in [5.74, 6) is -0.304. The molecule has 0 unspecified atom stereocenters. The molecule has 0 radical (unpaired) electrons. The summed E-state index contributed by atoms with van der Waals surface area (Å²) in [6.45, 7) is 0.282. The van der Waals surface area contributed by atoms with Crippen LogP contribution in [0.4, 0.5) is 5.69 Å². The average molecular weight is 250 g/mol. The lowest BCUT2D eigenvalue weighted by Crippen LogP contribution is -2.24. The Morgan fingerprint density at radius 1 is 1.22 bits per heavy atom. The molecule has 1 aromatic carbocycles. The molecule has 0 aliphatic carbocycles. The number of carbonyl (C=O) groups excluding carboxylic acids is 2. The maximum absolute atomic E-state index is 11.3. The van der Waals surface area contributed by atoms with Gasteiger partial charge in [0.05, 0.1) is 13.7 Å². The highest BCUT2D eigenvalue weighted by atomic mass is 16.5. The first-order valence-electron chi connectivity index (χ1n) is 5.76. The van der Waals surface area contributed by atoms with E-state index >= 15 is 0 Å². The van der Waals surface area contributed by atoms with Crippen LogP contribution in [0.25, 0.3) is 0 Å². The van der Waals surface area contributed by atoms with Crippen molar-refractivity contribution in [1.29, 1.82) is 0 Å². The first kappa shape index (κ1) is 14.2. The summed E-state index contributed by atoms with van der Waals surface area (Å²) >= 11 is 0. The molecular formula is C13H18N2O3. The lowest BCUT2D eigenvalue weighted by Gasteiger charge is -2.06. The second-order valence-electron chi connectivity index (χ2n) is 3.85. The molecular weight excluding hydrogens is 232 g/mol. The van der Waals surface area contributed by atoms with Crippen molar-refractivity contribution in [3.05, 3.63) is 29.8 Å². The molecule has 0 spiro atoms. The minimum absolute atomic E-state index is 0.0835. The quantitative estimate of drug-likeness (QED) is 0.738. The predicted molar refractivity (Wildman–Crippen MR) is 69.3 cm³/mol. The molecule has 0 saturated heterocycles. The molecule has 18 heavy (non-hydrogen) atoms. The van der Waals surface area contributed by atoms with Crippen LogP contribution in [-0.4, -0.2) is 32.6 Å². The minimum Gasteiger partial charge on any atom is -0.469 e. The topological polar surface area (TPSA) is 67.4 Å². The maximum Gasteiger partial charge on any atom is 0.305 e. The standard InChI is InChI=1S/C13H18N2O3/c1-14-9-12(16)15-11-6-3-10(4-7-11)5-8-13(17)18-2/h3-4,6-7,14H,5,8-9H2,1-2H3,(H,15,16). The van der Waals surface area contributed by atoms with E-state index in [4.69, 9.17) is 0 Å². The number of likely N-dealkylation sites (N-methyl/N-ethyl adjacent to an activating group) is 1. The molecule has 0 atom stereocenters. The number of aryl methyl sites for hydroxylation is 1. The molecule has 1 rings (SSSR count). The van der Waals surface area contributed by atoms with Gasteiger partial charge in [-0.15, -0.1) is 0 Å². The van der Waals surface area contributed by atoms with Gasteiger partial charge in [-0.1, -0.05) is 12.1 Å². The van der Waals surface area contributed by atoms with Crippen LogP contribution in [0.5, 0.6) is 0 Å². The fourth-order valence-electron chi connectivity index (χ4n) is 1.47. The lowest BCUT2D eigenvalue weighted by atomic mass is 10.1. The van der Waals surface area contributed by atoms with E-state index in [0.717, 1.165) is 11.3 Å². The summed E-state index contributed by atoms with van der Waals surface area (Å²) in [6.07, 6.45) is 0.999. The van der Waals surface area contributed by atoms with Crippen molar-refractivity contribution in [2.24, 2.45) is 0 Å². The van der Waals surface area contributed by atoms with Crippen LogP contribution in [0, 0.1) is 0 Å². The molecule has 0 bridgehead atoms. The minimum atomic E-state index is -0.221. The summed E-state index contributed by atoms with van der Waals surface area (Å²) in [5, 5.41) is 5.53. The van der Waals surface area contributed by atoms with Crippen molar-refractivity contribution in [3.8, 4) is 0 Å². The number of nitrogens with one attached hydrogen (secondary N) is 2. The van der Waals surface area contributed by atoms with Gasteiger partial charge < -0.3 is 15.4 Å². The van der Waals surface area contributed by atoms with Gasteiger partial charge in [0.2, 0.25) is 5.91 Å². The zero-order valence-corrected chi connectivity index (χ0v) is 10.7. The number of ether oxygens (including phenoxy) is 1. The van der Waals surface area contributed by atoms with Gasteiger partial charge in [-0.2, -0.15) is 0 Å². The number of benzene rings is 1. The third-order valence-electron chi connectivity index (χ3n) is 2.42. The summed E-state index contributed by atoms with van der Waals surface area (Å²) in [6, 6.07) is 7.41. The second kappa shape index (κ2) is 7.45. The fraction of sp³-hybridized carbons (Fsp3) is 0.385. The Hall–Kier alpha value is -1.88. The van der Waals surface area contributed by atoms with E-state index in [1.54, 1.807) is 7.05 Å². The highest BCUT2D eigenvalue weighted by molar-refractivity contribution is 5.92. The first-order valence-corrected chi connectivity index (χ1v) is 5.76. The summed E-state index contributed by atoms with van der Waals surface area (Å²) < 4.78 is 4.57. The largest absolute Gasteiger partial charge is 0.469 e. The van der Waals surface area contributed by atoms with Crippen molar-refractivity contribution < 1.29 is 14.3 Å². The zero-order valence-electron chi connectivity index (χ0n) is 10.7. The number of rotatable bonds is 6. The molecule has 1 aromatic rings. The van der Waals surface area contributed by atoms with Crippen LogP contribution >= 0.6 is 0 Å². The fourth-order valence-corrected chi connectivity index (χ4v) is 1.47. The van der Waals surface area contributed by atoms with Gasteiger partial charge in [0.15, 0.2) is 0 Å². The number of hydrogen-bond acceptors (Lipinski definition) is 4. The Balaban J connectivity index is 2.47. The highest BCUT2D eigenvalue weighted by Gasteiger charge is 2.03. The number of amides is 1. The van der Waals surface area contributed by atoms with Gasteiger partial charge in [-0.05, 0) is 31.2 Å². The SMILES string of the molecule is CNCC(=O)Nc1ccc(CCC(=O)OC)cc1. The van der Waals surface area contributed by atoms with Gasteiger partial charge in [0.25, 0.3) is 0 Å². The normalized spacial score (nSPS) is 9.89. The number of anilines is 1. The smallest absolute Gasteiger partial charge is 0.305 e. The maximum atomic E-state index is 11.3. The van der Waals surface area contributed by atoms with Crippen molar-refractivity contribution >= 4 is 17.6 Å². The van der Waals surface area contributed by atoms with E-state index in [0.29, 0.717) is 12.8 Å². The van der Waals surface area contributed by atoms with Gasteiger partial charge in [-0.25, -0.2) is 0 Å². The van der Waals surface area contributed by atoms with E-state index < -0.39 is 0 Å². The number of esters is 1. The van der Waals surface area contributed by atoms with Crippen LogP contribution in [0.15, 0.2) is 24.3 Å². The zero-order chi connectivity index (χ0) is 13.4. The van der Waals surface area contributed by atoms with Crippen LogP contribution < -0.4 is 10.6 Å². The molecule has 5 nitrogen and oxygen atoms in total. The Morgan fingerprint density at radius 3 is 2.44 bits per heavy atom. The lowest BCUT2D eigenvalue weighted by molar-refractivity contribution is -0.140. The van der Waals surface area contributed by atoms with Crippen molar-refractivity contribution in [1.82, 2.24) is 5.32 Å². The van der Waals surface area contributed by atoms with Crippen LogP contribution in [-0.2, 0) is 20.7 Å². The monoisotopic (exact) mass is 250 g/mol. The van der Waals surface area contributed by atoms with E-state index in [1.807, 2.05) is 24.3 Å². The van der Waals surface area contributed by atoms with Crippen LogP contribution in [0.1, 0.15) is 12.0 Å². The Morgan fingerprint density at radius 2 is 1.89 bits per heavy atom. The number of hydrogen-bond donors (Lipinski definition) is 2. The predicted octanol–water partition coefficient (Wildman–Crippen LogP) is 0.950. The first-order chi connectivity index (χ1) is 8.65. The third kappa shape index (κ3) is 4.97. The summed E-state index contributed by atoms with van der Waals surface area (Å²) in [7, 11) is 3.10. The van der Waals surface area contributed by atoms with Gasteiger partial charge >= 0.3 is 5.97 Å². The number of methoxy groups -OCH3 is 1. The van der Waals surface area contributed by atoms with E-state index in [-0.39, 0.29) is 18.4 Å². The van der Waals surface area contributed by atoms with Crippen molar-refractivity contribution in [2.75, 3.05) is 26.0 Å². The molecule has 0 saturated carbocycles. The Kier molecular flexibility index (Phi) is 5.87. The van der Waals surface area contributed by atoms with Crippen LogP contribution in [0.2, 0.25) is 0 Å². The van der Waals surface area contributed by atoms with Crippen molar-refractivity contribution in [2.45, 2.75) is 12.8 Å². The molecule has 0 aliphatic heterocycles. The van der Waals surface area contributed by atoms with Gasteiger partial charge in [0.1, 0.15) is 0 Å².